The molecule has 1 aromatic carbocycles. The third-order valence-electron chi connectivity index (χ3n) is 1.85. The van der Waals surface area contributed by atoms with Gasteiger partial charge in [0.1, 0.15) is 11.0 Å². The zero-order valence-electron chi connectivity index (χ0n) is 8.94. The van der Waals surface area contributed by atoms with E-state index in [9.17, 15) is 8.42 Å². The number of hydrogen-bond acceptors (Lipinski definition) is 3. The molecule has 0 spiro atoms. The summed E-state index contributed by atoms with van der Waals surface area (Å²) in [4.78, 5) is 0. The zero-order chi connectivity index (χ0) is 12.0. The Bertz CT molecular complexity index is 433. The van der Waals surface area contributed by atoms with Gasteiger partial charge in [-0.3, -0.25) is 0 Å². The van der Waals surface area contributed by atoms with Crippen LogP contribution in [0.5, 0.6) is 5.75 Å². The lowest BCUT2D eigenvalue weighted by Crippen LogP contribution is -2.23. The maximum atomic E-state index is 11.1. The maximum Gasteiger partial charge on any atom is 0.225 e. The number of rotatable bonds is 6. The Labute approximate surface area is 101 Å². The molecule has 90 valence electrons. The van der Waals surface area contributed by atoms with Crippen molar-refractivity contribution in [1.82, 2.24) is 4.72 Å². The van der Waals surface area contributed by atoms with Gasteiger partial charge in [0.05, 0.1) is 6.61 Å². The molecule has 4 nitrogen and oxygen atoms in total. The van der Waals surface area contributed by atoms with Gasteiger partial charge in [-0.1, -0.05) is 12.1 Å². The lowest BCUT2D eigenvalue weighted by Gasteiger charge is -2.06. The fourth-order valence-corrected chi connectivity index (χ4v) is 1.84. The first kappa shape index (κ1) is 13.3. The molecule has 0 unspecified atom stereocenters. The minimum absolute atomic E-state index is 0.218. The molecule has 0 bridgehead atoms. The van der Waals surface area contributed by atoms with Crippen molar-refractivity contribution in [2.24, 2.45) is 0 Å². The second-order valence-electron chi connectivity index (χ2n) is 3.13. The van der Waals surface area contributed by atoms with Gasteiger partial charge in [0, 0.05) is 6.54 Å². The van der Waals surface area contributed by atoms with E-state index in [1.54, 1.807) is 6.07 Å². The first-order valence-electron chi connectivity index (χ1n) is 4.82. The Morgan fingerprint density at radius 1 is 1.44 bits per heavy atom. The number of alkyl halides is 1. The van der Waals surface area contributed by atoms with Crippen LogP contribution in [0.2, 0.25) is 0 Å². The Balaban J connectivity index is 2.64. The number of sulfonamides is 1. The molecule has 0 aromatic heterocycles. The standard InChI is InChI=1S/C10H14ClNO3S/c1-2-15-10-5-3-4-9(6-10)7-12-16(13,14)8-11/h3-6,12H,2,7-8H2,1H3. The van der Waals surface area contributed by atoms with E-state index in [0.717, 1.165) is 11.3 Å². The predicted molar refractivity (Wildman–Crippen MR) is 64.1 cm³/mol. The van der Waals surface area contributed by atoms with E-state index >= 15 is 0 Å². The molecule has 0 aliphatic carbocycles. The van der Waals surface area contributed by atoms with Gasteiger partial charge >= 0.3 is 0 Å². The van der Waals surface area contributed by atoms with Gasteiger partial charge in [0.15, 0.2) is 0 Å². The number of halogens is 1. The summed E-state index contributed by atoms with van der Waals surface area (Å²) >= 11 is 5.27. The summed E-state index contributed by atoms with van der Waals surface area (Å²) in [7, 11) is -3.37. The van der Waals surface area contributed by atoms with Crippen LogP contribution in [0, 0.1) is 0 Å². The van der Waals surface area contributed by atoms with E-state index in [2.05, 4.69) is 4.72 Å². The summed E-state index contributed by atoms with van der Waals surface area (Å²) in [6, 6.07) is 7.25. The molecule has 0 saturated carbocycles. The van der Waals surface area contributed by atoms with E-state index in [-0.39, 0.29) is 6.54 Å². The van der Waals surface area contributed by atoms with Crippen molar-refractivity contribution in [3.05, 3.63) is 29.8 Å². The minimum Gasteiger partial charge on any atom is -0.494 e. The van der Waals surface area contributed by atoms with Crippen molar-refractivity contribution in [2.75, 3.05) is 11.8 Å². The Morgan fingerprint density at radius 3 is 2.81 bits per heavy atom. The van der Waals surface area contributed by atoms with E-state index in [0.29, 0.717) is 6.61 Å². The quantitative estimate of drug-likeness (QED) is 0.795. The SMILES string of the molecule is CCOc1cccc(CNS(=O)(=O)CCl)c1. The third-order valence-corrected chi connectivity index (χ3v) is 3.58. The highest BCUT2D eigenvalue weighted by molar-refractivity contribution is 7.90. The Hall–Kier alpha value is -0.780. The summed E-state index contributed by atoms with van der Waals surface area (Å²) in [5.41, 5.74) is 0.833. The fraction of sp³-hybridized carbons (Fsp3) is 0.400. The van der Waals surface area contributed by atoms with Crippen LogP contribution in [0.25, 0.3) is 0 Å². The van der Waals surface area contributed by atoms with E-state index in [1.165, 1.54) is 0 Å². The second kappa shape index (κ2) is 6.08. The zero-order valence-corrected chi connectivity index (χ0v) is 10.5. The average Bonchev–Trinajstić information content (AvgIpc) is 2.28. The van der Waals surface area contributed by atoms with Crippen molar-refractivity contribution in [3.8, 4) is 5.75 Å². The van der Waals surface area contributed by atoms with Crippen molar-refractivity contribution in [3.63, 3.8) is 0 Å². The van der Waals surface area contributed by atoms with Crippen molar-refractivity contribution >= 4 is 21.6 Å². The molecule has 6 heteroatoms. The summed E-state index contributed by atoms with van der Waals surface area (Å²) < 4.78 is 29.9. The smallest absolute Gasteiger partial charge is 0.225 e. The monoisotopic (exact) mass is 263 g/mol. The molecule has 0 aliphatic rings. The van der Waals surface area contributed by atoms with Gasteiger partial charge < -0.3 is 4.74 Å². The number of benzene rings is 1. The number of hydrogen-bond donors (Lipinski definition) is 1. The summed E-state index contributed by atoms with van der Waals surface area (Å²) in [5, 5.41) is -0.432. The minimum atomic E-state index is -3.37. The Morgan fingerprint density at radius 2 is 2.19 bits per heavy atom. The van der Waals surface area contributed by atoms with Crippen LogP contribution >= 0.6 is 11.6 Å². The lowest BCUT2D eigenvalue weighted by atomic mass is 10.2. The lowest BCUT2D eigenvalue weighted by molar-refractivity contribution is 0.340. The first-order chi connectivity index (χ1) is 7.57. The molecule has 0 atom stereocenters. The van der Waals surface area contributed by atoms with Crippen LogP contribution in [0.4, 0.5) is 0 Å². The maximum absolute atomic E-state index is 11.1. The average molecular weight is 264 g/mol. The van der Waals surface area contributed by atoms with Crippen LogP contribution in [-0.2, 0) is 16.6 Å². The van der Waals surface area contributed by atoms with Gasteiger partial charge in [-0.25, -0.2) is 13.1 Å². The highest BCUT2D eigenvalue weighted by atomic mass is 35.5. The molecule has 1 aromatic rings. The molecule has 0 fully saturated rings. The van der Waals surface area contributed by atoms with E-state index in [4.69, 9.17) is 16.3 Å². The van der Waals surface area contributed by atoms with Gasteiger partial charge in [-0.2, -0.15) is 0 Å². The van der Waals surface area contributed by atoms with Crippen molar-refractivity contribution in [2.45, 2.75) is 13.5 Å². The highest BCUT2D eigenvalue weighted by Crippen LogP contribution is 2.13. The summed E-state index contributed by atoms with van der Waals surface area (Å²) in [5.74, 6) is 0.727. The number of ether oxygens (including phenoxy) is 1. The fourth-order valence-electron chi connectivity index (χ4n) is 1.14. The normalized spacial score (nSPS) is 11.4. The van der Waals surface area contributed by atoms with Crippen molar-refractivity contribution < 1.29 is 13.2 Å². The molecule has 0 saturated heterocycles. The van der Waals surface area contributed by atoms with Gasteiger partial charge in [0.2, 0.25) is 10.0 Å². The van der Waals surface area contributed by atoms with E-state index < -0.39 is 15.2 Å². The topological polar surface area (TPSA) is 55.4 Å². The van der Waals surface area contributed by atoms with Crippen LogP contribution < -0.4 is 9.46 Å². The van der Waals surface area contributed by atoms with Crippen molar-refractivity contribution in [1.29, 1.82) is 0 Å². The molecular weight excluding hydrogens is 250 g/mol. The molecule has 0 aliphatic heterocycles. The molecule has 16 heavy (non-hydrogen) atoms. The first-order valence-corrected chi connectivity index (χ1v) is 7.01. The summed E-state index contributed by atoms with van der Waals surface area (Å²) in [6.45, 7) is 2.69. The van der Waals surface area contributed by atoms with Gasteiger partial charge in [0.25, 0.3) is 0 Å². The van der Waals surface area contributed by atoms with Gasteiger partial charge in [-0.05, 0) is 24.6 Å². The molecule has 1 N–H and O–H groups in total. The molecule has 0 heterocycles. The van der Waals surface area contributed by atoms with Crippen LogP contribution in [0.3, 0.4) is 0 Å². The highest BCUT2D eigenvalue weighted by Gasteiger charge is 2.07. The predicted octanol–water partition coefficient (Wildman–Crippen LogP) is 1.70. The Kier molecular flexibility index (Phi) is 5.05. The van der Waals surface area contributed by atoms with Gasteiger partial charge in [-0.15, -0.1) is 11.6 Å². The van der Waals surface area contributed by atoms with E-state index in [1.807, 2.05) is 25.1 Å². The molecule has 0 radical (unpaired) electrons. The van der Waals surface area contributed by atoms with Crippen LogP contribution in [0.15, 0.2) is 24.3 Å². The largest absolute Gasteiger partial charge is 0.494 e. The number of nitrogens with one attached hydrogen (secondary N) is 1. The molecule has 1 rings (SSSR count). The summed E-state index contributed by atoms with van der Waals surface area (Å²) in [6.07, 6.45) is 0. The molecule has 0 amide bonds. The molecular formula is C10H14ClNO3S. The third kappa shape index (κ3) is 4.38. The second-order valence-corrected chi connectivity index (χ2v) is 5.52. The van der Waals surface area contributed by atoms with Crippen LogP contribution in [-0.4, -0.2) is 20.2 Å². The van der Waals surface area contributed by atoms with Crippen LogP contribution in [0.1, 0.15) is 12.5 Å².